The number of anilines is 2. The maximum Gasteiger partial charge on any atom is 0.0646 e. The minimum Gasteiger partial charge on any atom is -0.332 e. The number of nitrogens with zero attached hydrogens (tertiary/aromatic N) is 2. The van der Waals surface area contributed by atoms with Crippen LogP contribution >= 0.6 is 0 Å². The number of hydrogen-bond donors (Lipinski definition) is 0. The van der Waals surface area contributed by atoms with Gasteiger partial charge in [0.05, 0.1) is 11.1 Å². The molecule has 338 valence electrons. The van der Waals surface area contributed by atoms with E-state index in [1.165, 1.54) is 88.5 Å². The third-order valence-corrected chi connectivity index (χ3v) is 14.4. The highest BCUT2D eigenvalue weighted by atomic mass is 15.2. The number of para-hydroxylation sites is 4. The van der Waals surface area contributed by atoms with Crippen molar-refractivity contribution in [3.8, 4) is 22.3 Å². The van der Waals surface area contributed by atoms with Crippen LogP contribution in [0, 0.1) is 0 Å². The first-order valence-corrected chi connectivity index (χ1v) is 24.3. The summed E-state index contributed by atoms with van der Waals surface area (Å²) in [5.74, 6) is 0. The van der Waals surface area contributed by atoms with Crippen LogP contribution in [-0.4, -0.2) is 4.57 Å². The molecular weight excluding hydrogens is 833 g/mol. The van der Waals surface area contributed by atoms with Gasteiger partial charge < -0.3 is 9.47 Å². The average Bonchev–Trinajstić information content (AvgIpc) is 3.92. The second-order valence-corrected chi connectivity index (χ2v) is 19.7. The summed E-state index contributed by atoms with van der Waals surface area (Å²) < 4.78 is 2.47. The van der Waals surface area contributed by atoms with Gasteiger partial charge in [-0.2, -0.15) is 0 Å². The highest BCUT2D eigenvalue weighted by molar-refractivity contribution is 6.15. The smallest absolute Gasteiger partial charge is 0.0646 e. The lowest BCUT2D eigenvalue weighted by molar-refractivity contribution is 0.465. The van der Waals surface area contributed by atoms with E-state index in [9.17, 15) is 0 Å². The van der Waals surface area contributed by atoms with Crippen LogP contribution in [0.25, 0.3) is 54.8 Å². The van der Waals surface area contributed by atoms with Crippen molar-refractivity contribution in [1.29, 1.82) is 0 Å². The van der Waals surface area contributed by atoms with Crippen LogP contribution in [-0.2, 0) is 16.5 Å². The molecule has 0 atom stereocenters. The van der Waals surface area contributed by atoms with Gasteiger partial charge in [-0.1, -0.05) is 226 Å². The molecule has 12 rings (SSSR count). The van der Waals surface area contributed by atoms with E-state index in [2.05, 4.69) is 306 Å². The fourth-order valence-corrected chi connectivity index (χ4v) is 10.6. The van der Waals surface area contributed by atoms with E-state index in [0.717, 1.165) is 0 Å². The highest BCUT2D eigenvalue weighted by Crippen LogP contribution is 2.49. The van der Waals surface area contributed by atoms with Gasteiger partial charge in [-0.3, -0.25) is 0 Å². The summed E-state index contributed by atoms with van der Waals surface area (Å²) in [5.41, 5.74) is 15.5. The van der Waals surface area contributed by atoms with Gasteiger partial charge in [0.1, 0.15) is 0 Å². The maximum atomic E-state index is 2.47. The number of benzene rings is 10. The van der Waals surface area contributed by atoms with Crippen LogP contribution in [0.1, 0.15) is 63.8 Å². The van der Waals surface area contributed by atoms with Crippen LogP contribution in [0.2, 0.25) is 0 Å². The number of rotatable bonds is 8. The predicted molar refractivity (Wildman–Crippen MR) is 296 cm³/mol. The molecule has 1 aliphatic rings. The van der Waals surface area contributed by atoms with Crippen LogP contribution in [0.3, 0.4) is 0 Å². The van der Waals surface area contributed by atoms with E-state index in [-0.39, 0.29) is 16.5 Å². The molecule has 69 heavy (non-hydrogen) atoms. The van der Waals surface area contributed by atoms with Gasteiger partial charge in [-0.25, -0.2) is 0 Å². The summed E-state index contributed by atoms with van der Waals surface area (Å²) in [4.78, 5) is 2.39. The highest BCUT2D eigenvalue weighted by Gasteiger charge is 2.31. The molecule has 0 spiro atoms. The second kappa shape index (κ2) is 18.6. The molecule has 0 fully saturated rings. The Hall–Kier alpha value is -7.94. The van der Waals surface area contributed by atoms with E-state index < -0.39 is 0 Å². The molecule has 1 aliphatic carbocycles. The molecule has 0 saturated heterocycles. The van der Waals surface area contributed by atoms with Crippen molar-refractivity contribution in [2.45, 2.75) is 58.0 Å². The van der Waals surface area contributed by atoms with Crippen LogP contribution < -0.4 is 4.90 Å². The molecule has 1 aromatic heterocycles. The lowest BCUT2D eigenvalue weighted by atomic mass is 9.77. The number of fused-ring (bicyclic) bond motifs is 6. The first-order chi connectivity index (χ1) is 33.5. The zero-order chi connectivity index (χ0) is 47.6. The molecule has 0 aliphatic heterocycles. The Morgan fingerprint density at radius 1 is 0.319 bits per heavy atom. The second-order valence-electron chi connectivity index (χ2n) is 19.7. The first kappa shape index (κ1) is 44.9. The number of hydrogen-bond acceptors (Lipinski definition) is 1. The summed E-state index contributed by atoms with van der Waals surface area (Å²) in [5, 5.41) is 5.37. The fraction of sp³-hybridized carbons (Fsp3) is 0.134. The van der Waals surface area contributed by atoms with Crippen molar-refractivity contribution in [1.82, 2.24) is 4.57 Å². The lowest BCUT2D eigenvalue weighted by Gasteiger charge is -2.41. The Morgan fingerprint density at radius 2 is 0.739 bits per heavy atom. The summed E-state index contributed by atoms with van der Waals surface area (Å²) >= 11 is 0. The van der Waals surface area contributed by atoms with E-state index in [0.29, 0.717) is 0 Å². The van der Waals surface area contributed by atoms with E-state index >= 15 is 0 Å². The molecule has 2 heteroatoms. The van der Waals surface area contributed by atoms with Crippen LogP contribution in [0.5, 0.6) is 0 Å². The molecule has 0 unspecified atom stereocenters. The maximum absolute atomic E-state index is 2.47. The Morgan fingerprint density at radius 3 is 1.25 bits per heavy atom. The van der Waals surface area contributed by atoms with Gasteiger partial charge >= 0.3 is 0 Å². The minimum absolute atomic E-state index is 0.0149. The van der Waals surface area contributed by atoms with Gasteiger partial charge in [0.2, 0.25) is 0 Å². The van der Waals surface area contributed by atoms with Crippen LogP contribution in [0.4, 0.5) is 11.4 Å². The molecular formula is C67H60N2. The van der Waals surface area contributed by atoms with Gasteiger partial charge in [0.15, 0.2) is 0 Å². The van der Waals surface area contributed by atoms with Crippen molar-refractivity contribution in [3.05, 3.63) is 277 Å². The molecule has 10 aromatic carbocycles. The van der Waals surface area contributed by atoms with E-state index in [4.69, 9.17) is 0 Å². The monoisotopic (exact) mass is 892 g/mol. The van der Waals surface area contributed by atoms with Gasteiger partial charge in [0, 0.05) is 38.6 Å². The van der Waals surface area contributed by atoms with Crippen molar-refractivity contribution in [3.63, 3.8) is 0 Å². The largest absolute Gasteiger partial charge is 0.332 e. The van der Waals surface area contributed by atoms with Crippen LogP contribution in [0.15, 0.2) is 255 Å². The average molecular weight is 893 g/mol. The molecule has 11 aromatic rings. The van der Waals surface area contributed by atoms with E-state index in [1.54, 1.807) is 0 Å². The topological polar surface area (TPSA) is 8.17 Å². The standard InChI is InChI=1S/C25H20.C21H19N.C21H21N/c1-25(2,18-10-4-3-5-11-18)19-14-15-20-21-12-6-8-17-9-7-13-22(24(17)21)23(20)16-19;1-21(2,16-10-4-3-5-11-16)22-19-14-8-6-12-17(19)18-13-7-9-15-20(18)22;1-21(2,18-12-6-3-7-13-18)22(19-14-8-4-9-15-19)20-16-10-5-11-17-20/h3-16H,1-2H3;3-15H,1-2H3;3-17H,1-2H3. The van der Waals surface area contributed by atoms with Crippen molar-refractivity contribution < 1.29 is 0 Å². The molecule has 0 bridgehead atoms. The zero-order valence-corrected chi connectivity index (χ0v) is 40.6. The molecule has 0 saturated carbocycles. The third-order valence-electron chi connectivity index (χ3n) is 14.4. The fourth-order valence-electron chi connectivity index (χ4n) is 10.6. The summed E-state index contributed by atoms with van der Waals surface area (Å²) in [6.07, 6.45) is 0. The molecule has 0 amide bonds. The third kappa shape index (κ3) is 8.42. The first-order valence-electron chi connectivity index (χ1n) is 24.3. The Balaban J connectivity index is 0.000000121. The molecule has 0 radical (unpaired) electrons. The Labute approximate surface area is 408 Å². The van der Waals surface area contributed by atoms with E-state index in [1.807, 2.05) is 0 Å². The zero-order valence-electron chi connectivity index (χ0n) is 40.6. The van der Waals surface area contributed by atoms with Gasteiger partial charge in [0.25, 0.3) is 0 Å². The predicted octanol–water partition coefficient (Wildman–Crippen LogP) is 18.2. The summed E-state index contributed by atoms with van der Waals surface area (Å²) in [7, 11) is 0. The van der Waals surface area contributed by atoms with Gasteiger partial charge in [-0.05, 0) is 125 Å². The van der Waals surface area contributed by atoms with Crippen molar-refractivity contribution in [2.24, 2.45) is 0 Å². The SMILES string of the molecule is CC(C)(c1ccccc1)N(c1ccccc1)c1ccccc1.CC(C)(c1ccccc1)c1ccc2c(c1)-c1cccc3cccc-2c13.CC(C)(c1ccccc1)n1c2ccccc2c2ccccc21. The summed E-state index contributed by atoms with van der Waals surface area (Å²) in [6.45, 7) is 13.7. The van der Waals surface area contributed by atoms with Gasteiger partial charge in [-0.15, -0.1) is 0 Å². The molecule has 0 N–H and O–H groups in total. The lowest BCUT2D eigenvalue weighted by Crippen LogP contribution is -2.38. The van der Waals surface area contributed by atoms with Crippen molar-refractivity contribution in [2.75, 3.05) is 4.90 Å². The van der Waals surface area contributed by atoms with Crippen molar-refractivity contribution >= 4 is 44.0 Å². The number of aromatic nitrogens is 1. The Bertz CT molecular complexity index is 3400. The summed E-state index contributed by atoms with van der Waals surface area (Å²) in [6, 6.07) is 91.0. The molecule has 2 nitrogen and oxygen atoms in total. The molecule has 1 heterocycles. The normalized spacial score (nSPS) is 11.9. The minimum atomic E-state index is -0.149. The quantitative estimate of drug-likeness (QED) is 0.148. The Kier molecular flexibility index (Phi) is 12.1.